The van der Waals surface area contributed by atoms with Crippen LogP contribution in [0.15, 0.2) is 48.5 Å². The van der Waals surface area contributed by atoms with Crippen LogP contribution in [0.3, 0.4) is 0 Å². The first kappa shape index (κ1) is 16.3. The number of aromatic nitrogens is 2. The Morgan fingerprint density at radius 3 is 2.69 bits per heavy atom. The quantitative estimate of drug-likeness (QED) is 0.739. The molecule has 1 aliphatic rings. The van der Waals surface area contributed by atoms with E-state index in [-0.39, 0.29) is 17.7 Å². The number of para-hydroxylation sites is 2. The van der Waals surface area contributed by atoms with Gasteiger partial charge in [-0.2, -0.15) is 0 Å². The molecule has 0 atom stereocenters. The van der Waals surface area contributed by atoms with E-state index < -0.39 is 0 Å². The fourth-order valence-electron chi connectivity index (χ4n) is 2.99. The zero-order valence-electron chi connectivity index (χ0n) is 14.5. The van der Waals surface area contributed by atoms with Crippen LogP contribution in [0.2, 0.25) is 0 Å². The summed E-state index contributed by atoms with van der Waals surface area (Å²) in [6.07, 6.45) is 1.89. The molecule has 0 unspecified atom stereocenters. The summed E-state index contributed by atoms with van der Waals surface area (Å²) < 4.78 is 1.96. The van der Waals surface area contributed by atoms with Gasteiger partial charge in [-0.15, -0.1) is 0 Å². The van der Waals surface area contributed by atoms with Gasteiger partial charge in [-0.05, 0) is 50.1 Å². The first-order valence-electron chi connectivity index (χ1n) is 8.83. The summed E-state index contributed by atoms with van der Waals surface area (Å²) in [5, 5.41) is 5.75. The zero-order chi connectivity index (χ0) is 18.1. The van der Waals surface area contributed by atoms with Crippen LogP contribution in [0.1, 0.15) is 30.1 Å². The van der Waals surface area contributed by atoms with E-state index in [1.54, 1.807) is 24.3 Å². The molecule has 1 aliphatic carbocycles. The van der Waals surface area contributed by atoms with Crippen LogP contribution < -0.4 is 10.6 Å². The number of carbonyl (C=O) groups excluding carboxylic acids is 2. The van der Waals surface area contributed by atoms with Gasteiger partial charge in [0.05, 0.1) is 11.0 Å². The highest BCUT2D eigenvalue weighted by molar-refractivity contribution is 6.05. The standard InChI is InChI=1S/C20H20N4O2/c1-2-24-17-9-4-3-8-16(17)22-20(24)23-19(26)14-6-5-7-15(12-14)21-18(25)13-10-11-13/h3-9,12-13H,2,10-11H2,1H3,(H,21,25)(H,22,23,26). The minimum atomic E-state index is -0.252. The number of benzene rings is 2. The minimum Gasteiger partial charge on any atom is -0.326 e. The predicted molar refractivity (Wildman–Crippen MR) is 101 cm³/mol. The number of fused-ring (bicyclic) bond motifs is 1. The van der Waals surface area contributed by atoms with Gasteiger partial charge < -0.3 is 9.88 Å². The van der Waals surface area contributed by atoms with Crippen LogP contribution >= 0.6 is 0 Å². The second kappa shape index (κ2) is 6.63. The summed E-state index contributed by atoms with van der Waals surface area (Å²) in [4.78, 5) is 29.1. The second-order valence-electron chi connectivity index (χ2n) is 6.47. The molecule has 1 saturated carbocycles. The smallest absolute Gasteiger partial charge is 0.258 e. The van der Waals surface area contributed by atoms with Crippen LogP contribution in [0.25, 0.3) is 11.0 Å². The maximum Gasteiger partial charge on any atom is 0.258 e. The van der Waals surface area contributed by atoms with Crippen molar-refractivity contribution in [1.29, 1.82) is 0 Å². The number of nitrogens with one attached hydrogen (secondary N) is 2. The molecule has 2 aromatic carbocycles. The van der Waals surface area contributed by atoms with E-state index in [0.29, 0.717) is 23.7 Å². The summed E-state index contributed by atoms with van der Waals surface area (Å²) in [6, 6.07) is 14.7. The Morgan fingerprint density at radius 2 is 1.92 bits per heavy atom. The van der Waals surface area contributed by atoms with Crippen LogP contribution in [0.5, 0.6) is 0 Å². The number of amides is 2. The van der Waals surface area contributed by atoms with E-state index in [4.69, 9.17) is 0 Å². The number of hydrogen-bond acceptors (Lipinski definition) is 3. The Hall–Kier alpha value is -3.15. The average Bonchev–Trinajstić information content (AvgIpc) is 3.44. The predicted octanol–water partition coefficient (Wildman–Crippen LogP) is 3.66. The maximum absolute atomic E-state index is 12.7. The molecule has 6 heteroatoms. The molecule has 4 rings (SSSR count). The van der Waals surface area contributed by atoms with Gasteiger partial charge in [0, 0.05) is 23.7 Å². The molecule has 1 aromatic heterocycles. The molecule has 26 heavy (non-hydrogen) atoms. The van der Waals surface area contributed by atoms with Crippen molar-refractivity contribution >= 4 is 34.5 Å². The maximum atomic E-state index is 12.7. The van der Waals surface area contributed by atoms with E-state index in [1.807, 2.05) is 35.8 Å². The number of hydrogen-bond donors (Lipinski definition) is 2. The van der Waals surface area contributed by atoms with E-state index in [2.05, 4.69) is 15.6 Å². The third-order valence-electron chi connectivity index (χ3n) is 4.54. The highest BCUT2D eigenvalue weighted by Gasteiger charge is 2.29. The minimum absolute atomic E-state index is 0.0235. The van der Waals surface area contributed by atoms with E-state index in [0.717, 1.165) is 23.9 Å². The Kier molecular flexibility index (Phi) is 4.16. The molecule has 2 amide bonds. The highest BCUT2D eigenvalue weighted by Crippen LogP contribution is 2.30. The van der Waals surface area contributed by atoms with Crippen molar-refractivity contribution < 1.29 is 9.59 Å². The third-order valence-corrected chi connectivity index (χ3v) is 4.54. The fraction of sp³-hybridized carbons (Fsp3) is 0.250. The lowest BCUT2D eigenvalue weighted by Gasteiger charge is -2.09. The average molecular weight is 348 g/mol. The highest BCUT2D eigenvalue weighted by atomic mass is 16.2. The summed E-state index contributed by atoms with van der Waals surface area (Å²) in [6.45, 7) is 2.71. The normalized spacial score (nSPS) is 13.6. The SMILES string of the molecule is CCn1c(NC(=O)c2cccc(NC(=O)C3CC3)c2)nc2ccccc21. The van der Waals surface area contributed by atoms with Crippen molar-refractivity contribution in [2.75, 3.05) is 10.6 Å². The van der Waals surface area contributed by atoms with Crippen molar-refractivity contribution in [1.82, 2.24) is 9.55 Å². The summed E-state index contributed by atoms with van der Waals surface area (Å²) in [5.74, 6) is 0.413. The largest absolute Gasteiger partial charge is 0.326 e. The molecule has 0 saturated heterocycles. The van der Waals surface area contributed by atoms with E-state index in [9.17, 15) is 9.59 Å². The molecule has 0 radical (unpaired) electrons. The van der Waals surface area contributed by atoms with Gasteiger partial charge in [-0.25, -0.2) is 4.98 Å². The van der Waals surface area contributed by atoms with Crippen molar-refractivity contribution in [3.05, 3.63) is 54.1 Å². The molecule has 2 N–H and O–H groups in total. The fourth-order valence-corrected chi connectivity index (χ4v) is 2.99. The summed E-state index contributed by atoms with van der Waals surface area (Å²) in [5.41, 5.74) is 2.94. The molecular formula is C20H20N4O2. The number of carbonyl (C=O) groups is 2. The molecule has 1 fully saturated rings. The van der Waals surface area contributed by atoms with Crippen LogP contribution in [-0.2, 0) is 11.3 Å². The Balaban J connectivity index is 1.55. The van der Waals surface area contributed by atoms with Crippen LogP contribution in [0, 0.1) is 5.92 Å². The van der Waals surface area contributed by atoms with Gasteiger partial charge in [0.25, 0.3) is 5.91 Å². The lowest BCUT2D eigenvalue weighted by molar-refractivity contribution is -0.117. The molecule has 0 spiro atoms. The van der Waals surface area contributed by atoms with Crippen LogP contribution in [0.4, 0.5) is 11.6 Å². The van der Waals surface area contributed by atoms with E-state index >= 15 is 0 Å². The first-order valence-corrected chi connectivity index (χ1v) is 8.83. The molecular weight excluding hydrogens is 328 g/mol. The Labute approximate surface area is 151 Å². The van der Waals surface area contributed by atoms with Crippen molar-refractivity contribution in [3.8, 4) is 0 Å². The molecule has 6 nitrogen and oxygen atoms in total. The van der Waals surface area contributed by atoms with Gasteiger partial charge in [0.1, 0.15) is 0 Å². The summed E-state index contributed by atoms with van der Waals surface area (Å²) >= 11 is 0. The van der Waals surface area contributed by atoms with Crippen molar-refractivity contribution in [2.24, 2.45) is 5.92 Å². The molecule has 0 bridgehead atoms. The van der Waals surface area contributed by atoms with Gasteiger partial charge in [0.2, 0.25) is 11.9 Å². The molecule has 0 aliphatic heterocycles. The lowest BCUT2D eigenvalue weighted by Crippen LogP contribution is -2.17. The Bertz CT molecular complexity index is 988. The number of nitrogens with zero attached hydrogens (tertiary/aromatic N) is 2. The Morgan fingerprint density at radius 1 is 1.12 bits per heavy atom. The van der Waals surface area contributed by atoms with Crippen molar-refractivity contribution in [2.45, 2.75) is 26.3 Å². The third kappa shape index (κ3) is 3.18. The van der Waals surface area contributed by atoms with Gasteiger partial charge >= 0.3 is 0 Å². The van der Waals surface area contributed by atoms with E-state index in [1.165, 1.54) is 0 Å². The van der Waals surface area contributed by atoms with Gasteiger partial charge in [0.15, 0.2) is 0 Å². The van der Waals surface area contributed by atoms with Gasteiger partial charge in [-0.1, -0.05) is 18.2 Å². The second-order valence-corrected chi connectivity index (χ2v) is 6.47. The molecule has 3 aromatic rings. The topological polar surface area (TPSA) is 76.0 Å². The number of aryl methyl sites for hydroxylation is 1. The number of imidazole rings is 1. The van der Waals surface area contributed by atoms with Crippen LogP contribution in [-0.4, -0.2) is 21.4 Å². The number of anilines is 2. The monoisotopic (exact) mass is 348 g/mol. The summed E-state index contributed by atoms with van der Waals surface area (Å²) in [7, 11) is 0. The van der Waals surface area contributed by atoms with Crippen molar-refractivity contribution in [3.63, 3.8) is 0 Å². The molecule has 132 valence electrons. The number of rotatable bonds is 5. The first-order chi connectivity index (χ1) is 12.7. The lowest BCUT2D eigenvalue weighted by atomic mass is 10.2. The zero-order valence-corrected chi connectivity index (χ0v) is 14.5. The molecule has 1 heterocycles. The van der Waals surface area contributed by atoms with Gasteiger partial charge in [-0.3, -0.25) is 14.9 Å².